The van der Waals surface area contributed by atoms with Gasteiger partial charge in [-0.3, -0.25) is 9.59 Å². The van der Waals surface area contributed by atoms with E-state index in [9.17, 15) is 9.59 Å². The van der Waals surface area contributed by atoms with Crippen LogP contribution in [0, 0.1) is 6.92 Å². The minimum absolute atomic E-state index is 0.167. The Morgan fingerprint density at radius 2 is 1.56 bits per heavy atom. The zero-order valence-corrected chi connectivity index (χ0v) is 19.5. The van der Waals surface area contributed by atoms with Crippen LogP contribution in [0.2, 0.25) is 0 Å². The van der Waals surface area contributed by atoms with Crippen LogP contribution in [0.1, 0.15) is 18.1 Å². The maximum atomic E-state index is 13.7. The van der Waals surface area contributed by atoms with Gasteiger partial charge < -0.3 is 19.5 Å². The van der Waals surface area contributed by atoms with Crippen LogP contribution in [0.3, 0.4) is 0 Å². The molecule has 1 aliphatic rings. The SMILES string of the molecule is CCOc1ccc(C2=C(Nc3ccc(OC)cc3OC)C(=O)N(c3ccccc3C)C2=O)cc1. The van der Waals surface area contributed by atoms with Gasteiger partial charge in [0.25, 0.3) is 11.8 Å². The Morgan fingerprint density at radius 3 is 2.21 bits per heavy atom. The normalized spacial score (nSPS) is 13.4. The molecule has 3 aromatic rings. The molecule has 1 heterocycles. The van der Waals surface area contributed by atoms with E-state index < -0.39 is 11.8 Å². The number of imide groups is 1. The number of ether oxygens (including phenoxy) is 3. The second-order valence-corrected chi connectivity index (χ2v) is 7.63. The third-order valence-electron chi connectivity index (χ3n) is 5.56. The zero-order valence-electron chi connectivity index (χ0n) is 19.5. The molecule has 1 aliphatic heterocycles. The van der Waals surface area contributed by atoms with E-state index in [1.165, 1.54) is 12.0 Å². The fourth-order valence-electron chi connectivity index (χ4n) is 3.87. The average molecular weight is 459 g/mol. The summed E-state index contributed by atoms with van der Waals surface area (Å²) in [6.07, 6.45) is 0. The third kappa shape index (κ3) is 4.20. The fourth-order valence-corrected chi connectivity index (χ4v) is 3.87. The number of nitrogens with one attached hydrogen (secondary N) is 1. The highest BCUT2D eigenvalue weighted by atomic mass is 16.5. The first-order valence-electron chi connectivity index (χ1n) is 10.9. The van der Waals surface area contributed by atoms with Crippen molar-refractivity contribution in [1.29, 1.82) is 0 Å². The molecule has 2 amide bonds. The summed E-state index contributed by atoms with van der Waals surface area (Å²) in [5, 5.41) is 3.16. The number of anilines is 2. The number of hydrogen-bond donors (Lipinski definition) is 1. The summed E-state index contributed by atoms with van der Waals surface area (Å²) in [5.74, 6) is 0.927. The highest BCUT2D eigenvalue weighted by Crippen LogP contribution is 2.37. The molecule has 0 spiro atoms. The first-order valence-corrected chi connectivity index (χ1v) is 10.9. The zero-order chi connectivity index (χ0) is 24.2. The van der Waals surface area contributed by atoms with Crippen LogP contribution in [0.5, 0.6) is 17.2 Å². The van der Waals surface area contributed by atoms with Gasteiger partial charge >= 0.3 is 0 Å². The Kier molecular flexibility index (Phi) is 6.54. The van der Waals surface area contributed by atoms with E-state index in [1.807, 2.05) is 26.0 Å². The van der Waals surface area contributed by atoms with Gasteiger partial charge in [0, 0.05) is 6.07 Å². The molecule has 0 fully saturated rings. The number of rotatable bonds is 8. The molecule has 174 valence electrons. The number of carbonyl (C=O) groups is 2. The summed E-state index contributed by atoms with van der Waals surface area (Å²) in [6.45, 7) is 4.30. The van der Waals surface area contributed by atoms with Crippen molar-refractivity contribution in [3.05, 3.63) is 83.6 Å². The minimum atomic E-state index is -0.443. The first kappa shape index (κ1) is 22.9. The topological polar surface area (TPSA) is 77.1 Å². The Bertz CT molecular complexity index is 1260. The molecular formula is C27H26N2O5. The lowest BCUT2D eigenvalue weighted by atomic mass is 10.0. The van der Waals surface area contributed by atoms with Gasteiger partial charge in [0.05, 0.1) is 37.8 Å². The van der Waals surface area contributed by atoms with E-state index in [4.69, 9.17) is 14.2 Å². The predicted octanol–water partition coefficient (Wildman–Crippen LogP) is 4.81. The molecule has 0 radical (unpaired) electrons. The van der Waals surface area contributed by atoms with Crippen LogP contribution in [0.15, 0.2) is 72.4 Å². The van der Waals surface area contributed by atoms with Gasteiger partial charge in [-0.05, 0) is 55.3 Å². The van der Waals surface area contributed by atoms with E-state index in [1.54, 1.807) is 61.7 Å². The monoisotopic (exact) mass is 458 g/mol. The third-order valence-corrected chi connectivity index (χ3v) is 5.56. The number of nitrogens with zero attached hydrogens (tertiary/aromatic N) is 1. The van der Waals surface area contributed by atoms with Crippen molar-refractivity contribution in [2.45, 2.75) is 13.8 Å². The average Bonchev–Trinajstić information content (AvgIpc) is 3.09. The number of para-hydroxylation sites is 1. The van der Waals surface area contributed by atoms with E-state index in [0.717, 1.165) is 5.56 Å². The maximum absolute atomic E-state index is 13.7. The number of methoxy groups -OCH3 is 2. The van der Waals surface area contributed by atoms with Gasteiger partial charge in [0.15, 0.2) is 0 Å². The second-order valence-electron chi connectivity index (χ2n) is 7.63. The van der Waals surface area contributed by atoms with Gasteiger partial charge in [0.1, 0.15) is 22.9 Å². The van der Waals surface area contributed by atoms with Crippen LogP contribution >= 0.6 is 0 Å². The molecule has 0 bridgehead atoms. The van der Waals surface area contributed by atoms with Gasteiger partial charge in [-0.1, -0.05) is 30.3 Å². The van der Waals surface area contributed by atoms with Crippen molar-refractivity contribution in [3.8, 4) is 17.2 Å². The van der Waals surface area contributed by atoms with Crippen LogP contribution in [-0.2, 0) is 9.59 Å². The summed E-state index contributed by atoms with van der Waals surface area (Å²) < 4.78 is 16.3. The largest absolute Gasteiger partial charge is 0.497 e. The molecule has 0 atom stereocenters. The van der Waals surface area contributed by atoms with Crippen LogP contribution in [-0.4, -0.2) is 32.6 Å². The highest BCUT2D eigenvalue weighted by molar-refractivity contribution is 6.46. The van der Waals surface area contributed by atoms with Crippen molar-refractivity contribution in [1.82, 2.24) is 0 Å². The Labute approximate surface area is 198 Å². The molecule has 0 unspecified atom stereocenters. The molecule has 3 aromatic carbocycles. The van der Waals surface area contributed by atoms with E-state index in [-0.39, 0.29) is 11.3 Å². The quantitative estimate of drug-likeness (QED) is 0.489. The lowest BCUT2D eigenvalue weighted by Gasteiger charge is -2.18. The van der Waals surface area contributed by atoms with E-state index in [2.05, 4.69) is 5.32 Å². The van der Waals surface area contributed by atoms with Crippen molar-refractivity contribution in [2.75, 3.05) is 31.0 Å². The standard InChI is InChI=1S/C27H26N2O5/c1-5-34-19-12-10-18(11-13-19)24-25(28-21-15-14-20(32-3)16-23(21)33-4)27(31)29(26(24)30)22-9-7-6-8-17(22)2/h6-16,28H,5H2,1-4H3. The number of hydrogen-bond acceptors (Lipinski definition) is 6. The smallest absolute Gasteiger partial charge is 0.282 e. The molecule has 0 saturated heterocycles. The molecule has 34 heavy (non-hydrogen) atoms. The molecule has 0 aliphatic carbocycles. The Hall–Kier alpha value is -4.26. The minimum Gasteiger partial charge on any atom is -0.497 e. The van der Waals surface area contributed by atoms with Gasteiger partial charge in [-0.25, -0.2) is 4.90 Å². The van der Waals surface area contributed by atoms with Crippen LogP contribution in [0.25, 0.3) is 5.57 Å². The Morgan fingerprint density at radius 1 is 0.853 bits per heavy atom. The molecule has 0 saturated carbocycles. The van der Waals surface area contributed by atoms with Gasteiger partial charge in [0.2, 0.25) is 0 Å². The predicted molar refractivity (Wildman–Crippen MR) is 131 cm³/mol. The number of carbonyl (C=O) groups excluding carboxylic acids is 2. The summed E-state index contributed by atoms with van der Waals surface area (Å²) in [6, 6.07) is 19.6. The maximum Gasteiger partial charge on any atom is 0.282 e. The lowest BCUT2D eigenvalue weighted by Crippen LogP contribution is -2.33. The van der Waals surface area contributed by atoms with Gasteiger partial charge in [-0.2, -0.15) is 0 Å². The number of benzene rings is 3. The fraction of sp³-hybridized carbons (Fsp3) is 0.185. The molecule has 1 N–H and O–H groups in total. The number of aryl methyl sites for hydroxylation is 1. The Balaban J connectivity index is 1.83. The van der Waals surface area contributed by atoms with Gasteiger partial charge in [-0.15, -0.1) is 0 Å². The van der Waals surface area contributed by atoms with E-state index in [0.29, 0.717) is 40.8 Å². The van der Waals surface area contributed by atoms with Crippen molar-refractivity contribution < 1.29 is 23.8 Å². The van der Waals surface area contributed by atoms with Crippen molar-refractivity contribution in [2.24, 2.45) is 0 Å². The molecule has 7 nitrogen and oxygen atoms in total. The molecule has 0 aromatic heterocycles. The van der Waals surface area contributed by atoms with Crippen molar-refractivity contribution in [3.63, 3.8) is 0 Å². The van der Waals surface area contributed by atoms with E-state index >= 15 is 0 Å². The second kappa shape index (κ2) is 9.70. The summed E-state index contributed by atoms with van der Waals surface area (Å²) in [7, 11) is 3.09. The molecule has 7 heteroatoms. The van der Waals surface area contributed by atoms with Crippen LogP contribution < -0.4 is 24.4 Å². The lowest BCUT2D eigenvalue weighted by molar-refractivity contribution is -0.120. The summed E-state index contributed by atoms with van der Waals surface area (Å²) in [4.78, 5) is 28.5. The first-order chi connectivity index (χ1) is 16.5. The highest BCUT2D eigenvalue weighted by Gasteiger charge is 2.41. The molecular weight excluding hydrogens is 432 g/mol. The number of amides is 2. The summed E-state index contributed by atoms with van der Waals surface area (Å²) in [5.41, 5.74) is 2.94. The molecule has 4 rings (SSSR count). The van der Waals surface area contributed by atoms with Crippen molar-refractivity contribution >= 4 is 28.8 Å². The van der Waals surface area contributed by atoms with Crippen LogP contribution in [0.4, 0.5) is 11.4 Å². The summed E-state index contributed by atoms with van der Waals surface area (Å²) >= 11 is 0.